The monoisotopic (exact) mass is 257 g/mol. The maximum Gasteiger partial charge on any atom is 0.314 e. The van der Waals surface area contributed by atoms with Crippen LogP contribution in [0, 0.1) is 12.3 Å². The van der Waals surface area contributed by atoms with Crippen molar-refractivity contribution in [2.45, 2.75) is 31.1 Å². The molecule has 98 valence electrons. The van der Waals surface area contributed by atoms with Gasteiger partial charge in [-0.1, -0.05) is 12.1 Å². The second-order valence-electron chi connectivity index (χ2n) is 4.72. The van der Waals surface area contributed by atoms with Gasteiger partial charge >= 0.3 is 5.97 Å². The number of nitrogens with one attached hydrogen (secondary N) is 1. The quantitative estimate of drug-likeness (QED) is 0.794. The number of hydrogen-bond acceptors (Lipinski definition) is 2. The molecule has 1 aliphatic carbocycles. The van der Waals surface area contributed by atoms with Crippen LogP contribution >= 0.6 is 0 Å². The van der Waals surface area contributed by atoms with Crippen molar-refractivity contribution >= 4 is 17.6 Å². The van der Waals surface area contributed by atoms with E-state index in [1.54, 1.807) is 24.3 Å². The largest absolute Gasteiger partial charge is 0.481 e. The highest BCUT2D eigenvalue weighted by Gasteiger charge is 2.51. The van der Waals surface area contributed by atoms with E-state index in [2.05, 4.69) is 11.2 Å². The second-order valence-corrected chi connectivity index (χ2v) is 4.72. The van der Waals surface area contributed by atoms with Gasteiger partial charge in [-0.2, -0.15) is 0 Å². The third kappa shape index (κ3) is 2.76. The molecule has 2 N–H and O–H groups in total. The molecular weight excluding hydrogens is 242 g/mol. The first-order valence-electron chi connectivity index (χ1n) is 6.16. The molecule has 2 rings (SSSR count). The second kappa shape index (κ2) is 5.15. The van der Waals surface area contributed by atoms with Crippen molar-refractivity contribution in [2.75, 3.05) is 5.32 Å². The summed E-state index contributed by atoms with van der Waals surface area (Å²) in [6.45, 7) is 0. The van der Waals surface area contributed by atoms with Gasteiger partial charge in [-0.3, -0.25) is 9.59 Å². The fraction of sp³-hybridized carbons (Fsp3) is 0.333. The first kappa shape index (κ1) is 13.2. The van der Waals surface area contributed by atoms with Crippen LogP contribution in [0.4, 0.5) is 5.69 Å². The Morgan fingerprint density at radius 2 is 1.95 bits per heavy atom. The number of carboxylic acids is 1. The third-order valence-electron chi connectivity index (χ3n) is 3.38. The lowest BCUT2D eigenvalue weighted by atomic mass is 9.96. The van der Waals surface area contributed by atoms with Gasteiger partial charge in [0.1, 0.15) is 0 Å². The smallest absolute Gasteiger partial charge is 0.314 e. The van der Waals surface area contributed by atoms with E-state index in [9.17, 15) is 14.7 Å². The number of amides is 1. The van der Waals surface area contributed by atoms with Gasteiger partial charge in [-0.15, -0.1) is 12.3 Å². The Balaban J connectivity index is 2.02. The molecule has 0 saturated heterocycles. The van der Waals surface area contributed by atoms with Crippen LogP contribution in [0.25, 0.3) is 0 Å². The molecule has 0 heterocycles. The average molecular weight is 257 g/mol. The molecule has 0 unspecified atom stereocenters. The molecule has 4 heteroatoms. The van der Waals surface area contributed by atoms with Crippen LogP contribution in [-0.4, -0.2) is 17.0 Å². The zero-order chi connectivity index (χ0) is 13.9. The summed E-state index contributed by atoms with van der Waals surface area (Å²) in [6.07, 6.45) is 7.14. The van der Waals surface area contributed by atoms with E-state index in [1.165, 1.54) is 0 Å². The van der Waals surface area contributed by atoms with Crippen molar-refractivity contribution < 1.29 is 14.7 Å². The molecule has 1 saturated carbocycles. The molecule has 19 heavy (non-hydrogen) atoms. The number of hydrogen-bond donors (Lipinski definition) is 2. The Hall–Kier alpha value is -2.28. The molecule has 1 aliphatic rings. The van der Waals surface area contributed by atoms with Gasteiger partial charge in [-0.05, 0) is 30.5 Å². The summed E-state index contributed by atoms with van der Waals surface area (Å²) in [7, 11) is 0. The van der Waals surface area contributed by atoms with Gasteiger partial charge in [0.05, 0.1) is 5.41 Å². The van der Waals surface area contributed by atoms with Crippen LogP contribution in [0.15, 0.2) is 24.3 Å². The first-order valence-corrected chi connectivity index (χ1v) is 6.16. The number of carbonyl (C=O) groups is 2. The van der Waals surface area contributed by atoms with Gasteiger partial charge in [0.25, 0.3) is 0 Å². The molecule has 0 aliphatic heterocycles. The summed E-state index contributed by atoms with van der Waals surface area (Å²) in [6, 6.07) is 6.98. The lowest BCUT2D eigenvalue weighted by Crippen LogP contribution is -2.19. The van der Waals surface area contributed by atoms with E-state index in [1.807, 2.05) is 0 Å². The van der Waals surface area contributed by atoms with E-state index < -0.39 is 11.4 Å². The number of carboxylic acid groups (broad SMARTS) is 1. The molecule has 4 nitrogen and oxygen atoms in total. The molecular formula is C15H15NO3. The number of rotatable bonds is 5. The fourth-order valence-corrected chi connectivity index (χ4v) is 2.03. The van der Waals surface area contributed by atoms with Crippen molar-refractivity contribution in [1.29, 1.82) is 0 Å². The fourth-order valence-electron chi connectivity index (χ4n) is 2.03. The van der Waals surface area contributed by atoms with Gasteiger partial charge in [0, 0.05) is 18.5 Å². The van der Waals surface area contributed by atoms with Crippen LogP contribution in [-0.2, 0) is 15.0 Å². The highest BCUT2D eigenvalue weighted by atomic mass is 16.4. The molecule has 1 aromatic carbocycles. The van der Waals surface area contributed by atoms with E-state index >= 15 is 0 Å². The minimum Gasteiger partial charge on any atom is -0.481 e. The Morgan fingerprint density at radius 1 is 1.32 bits per heavy atom. The molecule has 0 spiro atoms. The summed E-state index contributed by atoms with van der Waals surface area (Å²) in [5, 5.41) is 11.9. The number of terminal acetylenes is 1. The minimum atomic E-state index is -0.779. The highest BCUT2D eigenvalue weighted by molar-refractivity contribution is 5.91. The normalized spacial score (nSPS) is 15.3. The SMILES string of the molecule is C#CCCC(=O)Nc1ccc(C2(C(=O)O)CC2)cc1. The van der Waals surface area contributed by atoms with E-state index in [4.69, 9.17) is 6.42 Å². The molecule has 1 fully saturated rings. The van der Waals surface area contributed by atoms with E-state index in [0.29, 0.717) is 24.9 Å². The van der Waals surface area contributed by atoms with Gasteiger partial charge in [-0.25, -0.2) is 0 Å². The molecule has 0 atom stereocenters. The van der Waals surface area contributed by atoms with Crippen LogP contribution in [0.5, 0.6) is 0 Å². The Bertz CT molecular complexity index is 536. The Morgan fingerprint density at radius 3 is 2.42 bits per heavy atom. The van der Waals surface area contributed by atoms with Crippen LogP contribution in [0.3, 0.4) is 0 Å². The van der Waals surface area contributed by atoms with Crippen molar-refractivity contribution in [3.63, 3.8) is 0 Å². The maximum atomic E-state index is 11.5. The van der Waals surface area contributed by atoms with Crippen molar-refractivity contribution in [3.05, 3.63) is 29.8 Å². The van der Waals surface area contributed by atoms with Crippen LogP contribution in [0.2, 0.25) is 0 Å². The average Bonchev–Trinajstić information content (AvgIpc) is 3.19. The summed E-state index contributed by atoms with van der Waals surface area (Å²) in [5.74, 6) is 1.49. The number of aliphatic carboxylic acids is 1. The van der Waals surface area contributed by atoms with Gasteiger partial charge < -0.3 is 10.4 Å². The molecule has 0 aromatic heterocycles. The molecule has 0 radical (unpaired) electrons. The van der Waals surface area contributed by atoms with E-state index in [0.717, 1.165) is 5.56 Å². The van der Waals surface area contributed by atoms with Crippen molar-refractivity contribution in [1.82, 2.24) is 0 Å². The standard InChI is InChI=1S/C15H15NO3/c1-2-3-4-13(17)16-12-7-5-11(6-8-12)15(9-10-15)14(18)19/h1,5-8H,3-4,9-10H2,(H,16,17)(H,18,19). The topological polar surface area (TPSA) is 66.4 Å². The number of carbonyl (C=O) groups excluding carboxylic acids is 1. The van der Waals surface area contributed by atoms with E-state index in [-0.39, 0.29) is 12.3 Å². The van der Waals surface area contributed by atoms with Gasteiger partial charge in [0.15, 0.2) is 0 Å². The first-order chi connectivity index (χ1) is 9.08. The zero-order valence-electron chi connectivity index (χ0n) is 10.5. The zero-order valence-corrected chi connectivity index (χ0v) is 10.5. The van der Waals surface area contributed by atoms with Crippen molar-refractivity contribution in [3.8, 4) is 12.3 Å². The van der Waals surface area contributed by atoms with Gasteiger partial charge in [0.2, 0.25) is 5.91 Å². The Labute approximate surface area is 111 Å². The summed E-state index contributed by atoms with van der Waals surface area (Å²) in [5.41, 5.74) is 0.750. The van der Waals surface area contributed by atoms with Crippen LogP contribution in [0.1, 0.15) is 31.2 Å². The molecule has 1 aromatic rings. The third-order valence-corrected chi connectivity index (χ3v) is 3.38. The highest BCUT2D eigenvalue weighted by Crippen LogP contribution is 2.48. The maximum absolute atomic E-state index is 11.5. The predicted molar refractivity (Wildman–Crippen MR) is 71.7 cm³/mol. The lowest BCUT2D eigenvalue weighted by Gasteiger charge is -2.11. The van der Waals surface area contributed by atoms with Crippen molar-refractivity contribution in [2.24, 2.45) is 0 Å². The summed E-state index contributed by atoms with van der Waals surface area (Å²) in [4.78, 5) is 22.6. The molecule has 1 amide bonds. The lowest BCUT2D eigenvalue weighted by molar-refractivity contribution is -0.140. The van der Waals surface area contributed by atoms with Crippen LogP contribution < -0.4 is 5.32 Å². The number of anilines is 1. The number of benzene rings is 1. The summed E-state index contributed by atoms with van der Waals surface area (Å²) >= 11 is 0. The Kier molecular flexibility index (Phi) is 3.57. The summed E-state index contributed by atoms with van der Waals surface area (Å²) < 4.78 is 0. The minimum absolute atomic E-state index is 0.134. The molecule has 0 bridgehead atoms. The predicted octanol–water partition coefficient (Wildman–Crippen LogP) is 2.15.